The Morgan fingerprint density at radius 2 is 1.95 bits per heavy atom. The van der Waals surface area contributed by atoms with Gasteiger partial charge >= 0.3 is 0 Å². The van der Waals surface area contributed by atoms with Gasteiger partial charge in [0, 0.05) is 9.77 Å². The normalized spacial score (nSPS) is 11.2. The number of nitrogens with one attached hydrogen (secondary N) is 1. The molecule has 1 N–H and O–H groups in total. The first-order valence-corrected chi connectivity index (χ1v) is 6.76. The Hall–Kier alpha value is -1.76. The summed E-state index contributed by atoms with van der Waals surface area (Å²) in [6.45, 7) is 1.85. The van der Waals surface area contributed by atoms with E-state index in [1.807, 2.05) is 31.2 Å². The molecule has 0 unspecified atom stereocenters. The maximum absolute atomic E-state index is 11.8. The number of hydrogen-bond donors (Lipinski definition) is 1. The van der Waals surface area contributed by atoms with Crippen molar-refractivity contribution in [2.24, 2.45) is 5.10 Å². The average Bonchev–Trinajstić information content (AvgIpc) is 2.46. The summed E-state index contributed by atoms with van der Waals surface area (Å²) in [6, 6.07) is 13.1. The summed E-state index contributed by atoms with van der Waals surface area (Å²) in [5, 5.41) is 4.08. The summed E-state index contributed by atoms with van der Waals surface area (Å²) in [4.78, 5) is 15.7. The molecule has 0 fully saturated rings. The van der Waals surface area contributed by atoms with Crippen LogP contribution in [0.5, 0.6) is 0 Å². The number of rotatable bonds is 3. The van der Waals surface area contributed by atoms with E-state index in [1.54, 1.807) is 24.4 Å². The van der Waals surface area contributed by atoms with E-state index in [9.17, 15) is 4.79 Å². The number of hydrazone groups is 1. The van der Waals surface area contributed by atoms with Crippen LogP contribution < -0.4 is 5.43 Å². The van der Waals surface area contributed by atoms with Crippen LogP contribution in [0.4, 0.5) is 0 Å². The van der Waals surface area contributed by atoms with Crippen LogP contribution in [0, 0.1) is 3.57 Å². The third-order valence-corrected chi connectivity index (χ3v) is 3.20. The summed E-state index contributed by atoms with van der Waals surface area (Å²) < 4.78 is 1.16. The van der Waals surface area contributed by atoms with E-state index in [0.717, 1.165) is 14.8 Å². The van der Waals surface area contributed by atoms with Crippen LogP contribution in [0.25, 0.3) is 0 Å². The Morgan fingerprint density at radius 3 is 2.58 bits per heavy atom. The molecule has 0 spiro atoms. The third kappa shape index (κ3) is 3.85. The largest absolute Gasteiger partial charge is 0.289 e. The minimum atomic E-state index is -0.314. The standard InChI is InChI=1S/C14H12IN3O/c1-10(11-5-7-12(15)8-6-11)17-18-14(19)13-4-2-3-9-16-13/h2-9H,1H3,(H,18,19)/b17-10-. The van der Waals surface area contributed by atoms with Gasteiger partial charge in [0.25, 0.3) is 5.91 Å². The number of amides is 1. The van der Waals surface area contributed by atoms with Gasteiger partial charge in [-0.05, 0) is 59.3 Å². The summed E-state index contributed by atoms with van der Waals surface area (Å²) >= 11 is 2.24. The number of nitrogens with zero attached hydrogens (tertiary/aromatic N) is 2. The molecule has 0 atom stereocenters. The van der Waals surface area contributed by atoms with E-state index in [0.29, 0.717) is 5.69 Å². The molecule has 0 aliphatic heterocycles. The fourth-order valence-electron chi connectivity index (χ4n) is 1.44. The Morgan fingerprint density at radius 1 is 1.21 bits per heavy atom. The number of carbonyl (C=O) groups is 1. The number of aromatic nitrogens is 1. The van der Waals surface area contributed by atoms with Crippen molar-refractivity contribution in [3.63, 3.8) is 0 Å². The second kappa shape index (κ2) is 6.42. The van der Waals surface area contributed by atoms with Gasteiger partial charge in [-0.25, -0.2) is 5.43 Å². The van der Waals surface area contributed by atoms with Gasteiger partial charge in [0.1, 0.15) is 5.69 Å². The second-order valence-electron chi connectivity index (χ2n) is 3.86. The molecule has 0 aliphatic rings. The van der Waals surface area contributed by atoms with Crippen molar-refractivity contribution in [2.75, 3.05) is 0 Å². The number of pyridine rings is 1. The molecule has 5 heteroatoms. The number of carbonyl (C=O) groups excluding carboxylic acids is 1. The van der Waals surface area contributed by atoms with Crippen molar-refractivity contribution in [3.05, 3.63) is 63.5 Å². The monoisotopic (exact) mass is 365 g/mol. The van der Waals surface area contributed by atoms with Crippen molar-refractivity contribution in [3.8, 4) is 0 Å². The van der Waals surface area contributed by atoms with Crippen LogP contribution in [0.3, 0.4) is 0 Å². The van der Waals surface area contributed by atoms with Gasteiger partial charge in [-0.1, -0.05) is 18.2 Å². The van der Waals surface area contributed by atoms with Gasteiger partial charge in [0.2, 0.25) is 0 Å². The van der Waals surface area contributed by atoms with Gasteiger partial charge in [-0.15, -0.1) is 0 Å². The first-order chi connectivity index (χ1) is 9.16. The van der Waals surface area contributed by atoms with E-state index >= 15 is 0 Å². The molecule has 2 aromatic rings. The minimum Gasteiger partial charge on any atom is -0.266 e. The van der Waals surface area contributed by atoms with Crippen LogP contribution in [0.2, 0.25) is 0 Å². The molecule has 2 rings (SSSR count). The van der Waals surface area contributed by atoms with Crippen LogP contribution >= 0.6 is 22.6 Å². The quantitative estimate of drug-likeness (QED) is 0.517. The fourth-order valence-corrected chi connectivity index (χ4v) is 1.80. The van der Waals surface area contributed by atoms with Gasteiger partial charge < -0.3 is 0 Å². The van der Waals surface area contributed by atoms with Gasteiger partial charge in [-0.2, -0.15) is 5.10 Å². The van der Waals surface area contributed by atoms with Gasteiger partial charge in [0.05, 0.1) is 5.71 Å². The molecule has 0 bridgehead atoms. The Labute approximate surface area is 125 Å². The van der Waals surface area contributed by atoms with E-state index in [2.05, 4.69) is 38.1 Å². The fraction of sp³-hybridized carbons (Fsp3) is 0.0714. The highest BCUT2D eigenvalue weighted by molar-refractivity contribution is 14.1. The highest BCUT2D eigenvalue weighted by Gasteiger charge is 2.05. The maximum Gasteiger partial charge on any atom is 0.289 e. The predicted octanol–water partition coefficient (Wildman–Crippen LogP) is 2.84. The van der Waals surface area contributed by atoms with Crippen molar-refractivity contribution in [2.45, 2.75) is 6.92 Å². The number of benzene rings is 1. The second-order valence-corrected chi connectivity index (χ2v) is 5.11. The van der Waals surface area contributed by atoms with Gasteiger partial charge in [-0.3, -0.25) is 9.78 Å². The summed E-state index contributed by atoms with van der Waals surface area (Å²) in [5.74, 6) is -0.314. The molecule has 1 aromatic carbocycles. The van der Waals surface area contributed by atoms with E-state index in [-0.39, 0.29) is 5.91 Å². The number of halogens is 1. The first-order valence-electron chi connectivity index (χ1n) is 5.68. The molecule has 0 saturated carbocycles. The molecule has 0 aliphatic carbocycles. The Bertz CT molecular complexity index is 594. The lowest BCUT2D eigenvalue weighted by atomic mass is 10.1. The molecule has 96 valence electrons. The lowest BCUT2D eigenvalue weighted by molar-refractivity contribution is 0.0950. The molecular weight excluding hydrogens is 353 g/mol. The zero-order valence-electron chi connectivity index (χ0n) is 10.3. The topological polar surface area (TPSA) is 54.4 Å². The lowest BCUT2D eigenvalue weighted by Gasteiger charge is -2.02. The van der Waals surface area contributed by atoms with Crippen molar-refractivity contribution < 1.29 is 4.79 Å². The van der Waals surface area contributed by atoms with Crippen LogP contribution in [0.1, 0.15) is 23.0 Å². The highest BCUT2D eigenvalue weighted by Crippen LogP contribution is 2.07. The molecule has 1 heterocycles. The zero-order valence-corrected chi connectivity index (χ0v) is 12.5. The SMILES string of the molecule is C/C(=N/NC(=O)c1ccccn1)c1ccc(I)cc1. The Kier molecular flexibility index (Phi) is 4.62. The molecule has 0 saturated heterocycles. The molecule has 19 heavy (non-hydrogen) atoms. The van der Waals surface area contributed by atoms with E-state index in [4.69, 9.17) is 0 Å². The van der Waals surface area contributed by atoms with Gasteiger partial charge in [0.15, 0.2) is 0 Å². The minimum absolute atomic E-state index is 0.314. The molecule has 1 aromatic heterocycles. The highest BCUT2D eigenvalue weighted by atomic mass is 127. The predicted molar refractivity (Wildman–Crippen MR) is 83.1 cm³/mol. The van der Waals surface area contributed by atoms with Crippen LogP contribution in [-0.2, 0) is 0 Å². The molecular formula is C14H12IN3O. The first kappa shape index (κ1) is 13.7. The maximum atomic E-state index is 11.8. The summed E-state index contributed by atoms with van der Waals surface area (Å²) in [6.07, 6.45) is 1.57. The third-order valence-electron chi connectivity index (χ3n) is 2.48. The molecule has 0 radical (unpaired) electrons. The smallest absolute Gasteiger partial charge is 0.266 e. The molecule has 1 amide bonds. The van der Waals surface area contributed by atoms with Crippen molar-refractivity contribution in [1.29, 1.82) is 0 Å². The van der Waals surface area contributed by atoms with Crippen LogP contribution in [0.15, 0.2) is 53.8 Å². The van der Waals surface area contributed by atoms with Crippen molar-refractivity contribution in [1.82, 2.24) is 10.4 Å². The van der Waals surface area contributed by atoms with E-state index < -0.39 is 0 Å². The Balaban J connectivity index is 2.06. The van der Waals surface area contributed by atoms with E-state index in [1.165, 1.54) is 0 Å². The summed E-state index contributed by atoms with van der Waals surface area (Å²) in [5.41, 5.74) is 4.57. The number of hydrogen-bond acceptors (Lipinski definition) is 3. The summed E-state index contributed by atoms with van der Waals surface area (Å²) in [7, 11) is 0. The average molecular weight is 365 g/mol. The van der Waals surface area contributed by atoms with Crippen molar-refractivity contribution >= 4 is 34.2 Å². The lowest BCUT2D eigenvalue weighted by Crippen LogP contribution is -2.20. The molecule has 4 nitrogen and oxygen atoms in total. The van der Waals surface area contributed by atoms with Crippen LogP contribution in [-0.4, -0.2) is 16.6 Å². The zero-order chi connectivity index (χ0) is 13.7.